The lowest BCUT2D eigenvalue weighted by atomic mass is 10.1. The van der Waals surface area contributed by atoms with Gasteiger partial charge >= 0.3 is 0 Å². The van der Waals surface area contributed by atoms with Crippen molar-refractivity contribution in [1.82, 2.24) is 5.32 Å². The van der Waals surface area contributed by atoms with E-state index in [0.717, 1.165) is 18.4 Å². The molecule has 1 nitrogen and oxygen atoms in total. The van der Waals surface area contributed by atoms with Gasteiger partial charge < -0.3 is 5.32 Å². The fraction of sp³-hybridized carbons (Fsp3) is 0.455. The quantitative estimate of drug-likeness (QED) is 0.836. The standard InChI is InChI=1S/C11H15F2NS/c1-3-14-11(7-15-2)9-6-8(12)4-5-10(9)13/h4-6,11,14H,3,7H2,1-2H3. The molecule has 15 heavy (non-hydrogen) atoms. The summed E-state index contributed by atoms with van der Waals surface area (Å²) in [7, 11) is 0. The van der Waals surface area contributed by atoms with E-state index in [2.05, 4.69) is 5.32 Å². The van der Waals surface area contributed by atoms with E-state index in [1.807, 2.05) is 13.2 Å². The van der Waals surface area contributed by atoms with Crippen LogP contribution in [-0.2, 0) is 0 Å². The van der Waals surface area contributed by atoms with E-state index >= 15 is 0 Å². The molecule has 0 spiro atoms. The minimum absolute atomic E-state index is 0.124. The van der Waals surface area contributed by atoms with Crippen LogP contribution in [-0.4, -0.2) is 18.6 Å². The second kappa shape index (κ2) is 6.08. The first-order valence-corrected chi connectivity index (χ1v) is 6.25. The molecule has 1 aromatic rings. The molecule has 0 amide bonds. The Balaban J connectivity index is 2.93. The lowest BCUT2D eigenvalue weighted by Crippen LogP contribution is -2.24. The molecule has 0 radical (unpaired) electrons. The van der Waals surface area contributed by atoms with Crippen molar-refractivity contribution in [3.05, 3.63) is 35.4 Å². The Morgan fingerprint density at radius 3 is 2.73 bits per heavy atom. The maximum atomic E-state index is 13.5. The summed E-state index contributed by atoms with van der Waals surface area (Å²) in [5.74, 6) is -0.0133. The maximum absolute atomic E-state index is 13.5. The average Bonchev–Trinajstić information content (AvgIpc) is 2.21. The molecule has 84 valence electrons. The van der Waals surface area contributed by atoms with Gasteiger partial charge in [0.1, 0.15) is 11.6 Å². The molecule has 0 aromatic heterocycles. The molecule has 1 atom stereocenters. The lowest BCUT2D eigenvalue weighted by Gasteiger charge is -2.17. The van der Waals surface area contributed by atoms with Gasteiger partial charge in [-0.3, -0.25) is 0 Å². The highest BCUT2D eigenvalue weighted by atomic mass is 32.2. The SMILES string of the molecule is CCNC(CSC)c1cc(F)ccc1F. The van der Waals surface area contributed by atoms with Gasteiger partial charge in [-0.05, 0) is 31.0 Å². The lowest BCUT2D eigenvalue weighted by molar-refractivity contribution is 0.533. The first kappa shape index (κ1) is 12.5. The van der Waals surface area contributed by atoms with Crippen molar-refractivity contribution in [3.63, 3.8) is 0 Å². The van der Waals surface area contributed by atoms with Crippen LogP contribution >= 0.6 is 11.8 Å². The Labute approximate surface area is 93.3 Å². The number of nitrogens with one attached hydrogen (secondary N) is 1. The van der Waals surface area contributed by atoms with Crippen LogP contribution in [0.1, 0.15) is 18.5 Å². The average molecular weight is 231 g/mol. The molecule has 0 heterocycles. The topological polar surface area (TPSA) is 12.0 Å². The van der Waals surface area contributed by atoms with Crippen molar-refractivity contribution in [1.29, 1.82) is 0 Å². The van der Waals surface area contributed by atoms with E-state index in [-0.39, 0.29) is 11.9 Å². The van der Waals surface area contributed by atoms with Gasteiger partial charge in [-0.25, -0.2) is 8.78 Å². The third-order valence-electron chi connectivity index (χ3n) is 2.12. The summed E-state index contributed by atoms with van der Waals surface area (Å²) in [5, 5.41) is 3.14. The van der Waals surface area contributed by atoms with Crippen molar-refractivity contribution < 1.29 is 8.78 Å². The second-order valence-electron chi connectivity index (χ2n) is 3.23. The highest BCUT2D eigenvalue weighted by molar-refractivity contribution is 7.98. The number of rotatable bonds is 5. The van der Waals surface area contributed by atoms with Gasteiger partial charge in [0.15, 0.2) is 0 Å². The molecule has 4 heteroatoms. The summed E-state index contributed by atoms with van der Waals surface area (Å²) in [4.78, 5) is 0. The highest BCUT2D eigenvalue weighted by Crippen LogP contribution is 2.21. The van der Waals surface area contributed by atoms with Crippen LogP contribution in [0.15, 0.2) is 18.2 Å². The predicted octanol–water partition coefficient (Wildman–Crippen LogP) is 2.98. The molecule has 1 rings (SSSR count). The minimum Gasteiger partial charge on any atom is -0.309 e. The summed E-state index contributed by atoms with van der Waals surface area (Å²) in [6.07, 6.45) is 1.95. The molecule has 0 saturated heterocycles. The minimum atomic E-state index is -0.393. The Morgan fingerprint density at radius 1 is 1.40 bits per heavy atom. The zero-order valence-electron chi connectivity index (χ0n) is 8.89. The Hall–Kier alpha value is -0.610. The van der Waals surface area contributed by atoms with Gasteiger partial charge in [0, 0.05) is 17.4 Å². The van der Waals surface area contributed by atoms with E-state index in [0.29, 0.717) is 5.56 Å². The smallest absolute Gasteiger partial charge is 0.128 e. The molecule has 1 unspecified atom stereocenters. The van der Waals surface area contributed by atoms with Gasteiger partial charge in [-0.15, -0.1) is 0 Å². The van der Waals surface area contributed by atoms with E-state index in [1.165, 1.54) is 12.1 Å². The molecule has 0 aliphatic carbocycles. The fourth-order valence-electron chi connectivity index (χ4n) is 1.45. The van der Waals surface area contributed by atoms with Crippen molar-refractivity contribution >= 4 is 11.8 Å². The van der Waals surface area contributed by atoms with Crippen LogP contribution in [0.3, 0.4) is 0 Å². The number of thioether (sulfide) groups is 1. The fourth-order valence-corrected chi connectivity index (χ4v) is 2.08. The zero-order valence-corrected chi connectivity index (χ0v) is 9.70. The molecular formula is C11H15F2NS. The van der Waals surface area contributed by atoms with Crippen LogP contribution in [0.4, 0.5) is 8.78 Å². The monoisotopic (exact) mass is 231 g/mol. The largest absolute Gasteiger partial charge is 0.309 e. The first-order valence-electron chi connectivity index (χ1n) is 4.86. The van der Waals surface area contributed by atoms with Gasteiger partial charge in [-0.1, -0.05) is 6.92 Å². The van der Waals surface area contributed by atoms with Gasteiger partial charge in [0.25, 0.3) is 0 Å². The number of hydrogen-bond acceptors (Lipinski definition) is 2. The number of halogens is 2. The number of hydrogen-bond donors (Lipinski definition) is 1. The normalized spacial score (nSPS) is 12.8. The molecule has 0 bridgehead atoms. The predicted molar refractivity (Wildman–Crippen MR) is 61.2 cm³/mol. The van der Waals surface area contributed by atoms with Crippen molar-refractivity contribution in [2.24, 2.45) is 0 Å². The van der Waals surface area contributed by atoms with E-state index in [1.54, 1.807) is 11.8 Å². The summed E-state index contributed by atoms with van der Waals surface area (Å²) >= 11 is 1.61. The highest BCUT2D eigenvalue weighted by Gasteiger charge is 2.14. The Bertz CT molecular complexity index is 311. The molecule has 0 saturated carbocycles. The van der Waals surface area contributed by atoms with Crippen LogP contribution < -0.4 is 5.32 Å². The van der Waals surface area contributed by atoms with E-state index < -0.39 is 5.82 Å². The Kier molecular flexibility index (Phi) is 5.05. The first-order chi connectivity index (χ1) is 7.19. The maximum Gasteiger partial charge on any atom is 0.128 e. The number of benzene rings is 1. The Morgan fingerprint density at radius 2 is 2.13 bits per heavy atom. The molecule has 0 aliphatic rings. The zero-order chi connectivity index (χ0) is 11.3. The summed E-state index contributed by atoms with van der Waals surface area (Å²) < 4.78 is 26.4. The van der Waals surface area contributed by atoms with Crippen molar-refractivity contribution in [3.8, 4) is 0 Å². The third kappa shape index (κ3) is 3.47. The molecule has 1 N–H and O–H groups in total. The second-order valence-corrected chi connectivity index (χ2v) is 4.14. The van der Waals surface area contributed by atoms with Crippen LogP contribution in [0.2, 0.25) is 0 Å². The van der Waals surface area contributed by atoms with E-state index in [4.69, 9.17) is 0 Å². The molecule has 0 fully saturated rings. The summed E-state index contributed by atoms with van der Waals surface area (Å²) in [5.41, 5.74) is 0.409. The summed E-state index contributed by atoms with van der Waals surface area (Å²) in [6, 6.07) is 3.45. The third-order valence-corrected chi connectivity index (χ3v) is 2.78. The van der Waals surface area contributed by atoms with Gasteiger partial charge in [0.2, 0.25) is 0 Å². The van der Waals surface area contributed by atoms with Crippen LogP contribution in [0.25, 0.3) is 0 Å². The van der Waals surface area contributed by atoms with Crippen molar-refractivity contribution in [2.45, 2.75) is 13.0 Å². The van der Waals surface area contributed by atoms with Crippen LogP contribution in [0.5, 0.6) is 0 Å². The van der Waals surface area contributed by atoms with E-state index in [9.17, 15) is 8.78 Å². The summed E-state index contributed by atoms with van der Waals surface area (Å²) in [6.45, 7) is 2.69. The molecule has 1 aromatic carbocycles. The molecule has 0 aliphatic heterocycles. The molecular weight excluding hydrogens is 216 g/mol. The van der Waals surface area contributed by atoms with Crippen LogP contribution in [0, 0.1) is 11.6 Å². The van der Waals surface area contributed by atoms with Crippen molar-refractivity contribution in [2.75, 3.05) is 18.6 Å². The van der Waals surface area contributed by atoms with Gasteiger partial charge in [-0.2, -0.15) is 11.8 Å². The van der Waals surface area contributed by atoms with Gasteiger partial charge in [0.05, 0.1) is 0 Å².